The fourth-order valence-electron chi connectivity index (χ4n) is 1.15. The second-order valence-electron chi connectivity index (χ2n) is 4.79. The van der Waals surface area contributed by atoms with E-state index in [1.54, 1.807) is 0 Å². The molecule has 5 nitrogen and oxygen atoms in total. The van der Waals surface area contributed by atoms with Gasteiger partial charge < -0.3 is 10.6 Å². The monoisotopic (exact) mass is 223 g/mol. The molecule has 0 aliphatic heterocycles. The molecule has 2 N–H and O–H groups in total. The highest BCUT2D eigenvalue weighted by molar-refractivity contribution is 5.34. The molecule has 0 amide bonds. The molecule has 1 aromatic rings. The zero-order valence-electron chi connectivity index (χ0n) is 10.5. The number of anilines is 2. The van der Waals surface area contributed by atoms with Crippen LogP contribution in [0.2, 0.25) is 0 Å². The van der Waals surface area contributed by atoms with Crippen molar-refractivity contribution in [2.75, 3.05) is 17.2 Å². The maximum Gasteiger partial charge on any atom is 0.227 e. The molecule has 1 rings (SSSR count). The molecule has 0 radical (unpaired) electrons. The normalized spacial score (nSPS) is 11.2. The van der Waals surface area contributed by atoms with Gasteiger partial charge in [0, 0.05) is 12.1 Å². The predicted molar refractivity (Wildman–Crippen MR) is 66.6 cm³/mol. The molecular weight excluding hydrogens is 202 g/mol. The van der Waals surface area contributed by atoms with Crippen LogP contribution in [-0.4, -0.2) is 27.0 Å². The highest BCUT2D eigenvalue weighted by Gasteiger charge is 2.11. The predicted octanol–water partition coefficient (Wildman–Crippen LogP) is 2.29. The lowest BCUT2D eigenvalue weighted by Crippen LogP contribution is -2.27. The van der Waals surface area contributed by atoms with E-state index in [-0.39, 0.29) is 5.54 Å². The zero-order chi connectivity index (χ0) is 12.0. The second kappa shape index (κ2) is 5.63. The van der Waals surface area contributed by atoms with Crippen LogP contribution in [0.15, 0.2) is 6.33 Å². The Balaban J connectivity index is 2.57. The minimum atomic E-state index is -0.0396. The Morgan fingerprint density at radius 1 is 1.19 bits per heavy atom. The Labute approximate surface area is 97.1 Å². The molecule has 0 aliphatic carbocycles. The van der Waals surface area contributed by atoms with E-state index in [2.05, 4.69) is 53.3 Å². The molecule has 0 fully saturated rings. The first-order valence-electron chi connectivity index (χ1n) is 5.72. The van der Waals surface area contributed by atoms with Crippen LogP contribution in [0.5, 0.6) is 0 Å². The van der Waals surface area contributed by atoms with Gasteiger partial charge in [0.2, 0.25) is 11.9 Å². The molecule has 0 bridgehead atoms. The Morgan fingerprint density at radius 3 is 2.50 bits per heavy atom. The molecule has 16 heavy (non-hydrogen) atoms. The molecule has 0 unspecified atom stereocenters. The molecular formula is C11H21N5. The molecule has 5 heteroatoms. The summed E-state index contributed by atoms with van der Waals surface area (Å²) in [4.78, 5) is 12.4. The molecule has 0 saturated heterocycles. The summed E-state index contributed by atoms with van der Waals surface area (Å²) in [6, 6.07) is 0. The minimum absolute atomic E-state index is 0.0396. The van der Waals surface area contributed by atoms with Gasteiger partial charge in [-0.25, -0.2) is 9.97 Å². The summed E-state index contributed by atoms with van der Waals surface area (Å²) in [5.74, 6) is 1.25. The van der Waals surface area contributed by atoms with Crippen molar-refractivity contribution < 1.29 is 0 Å². The SMILES string of the molecule is CCCCNc1ncnc(NC(C)(C)C)n1. The molecule has 0 aliphatic rings. The number of unbranched alkanes of at least 4 members (excludes halogenated alkanes) is 1. The summed E-state index contributed by atoms with van der Waals surface area (Å²) >= 11 is 0. The van der Waals surface area contributed by atoms with Crippen LogP contribution in [0.25, 0.3) is 0 Å². The Morgan fingerprint density at radius 2 is 1.88 bits per heavy atom. The van der Waals surface area contributed by atoms with Crippen LogP contribution in [0.3, 0.4) is 0 Å². The number of hydrogen-bond acceptors (Lipinski definition) is 5. The van der Waals surface area contributed by atoms with Crippen molar-refractivity contribution in [1.29, 1.82) is 0 Å². The third-order valence-electron chi connectivity index (χ3n) is 1.87. The topological polar surface area (TPSA) is 62.7 Å². The quantitative estimate of drug-likeness (QED) is 0.750. The van der Waals surface area contributed by atoms with Gasteiger partial charge in [-0.05, 0) is 27.2 Å². The van der Waals surface area contributed by atoms with Crippen LogP contribution < -0.4 is 10.6 Å². The van der Waals surface area contributed by atoms with Crippen LogP contribution in [0, 0.1) is 0 Å². The van der Waals surface area contributed by atoms with Crippen LogP contribution in [0.4, 0.5) is 11.9 Å². The molecule has 0 saturated carbocycles. The van der Waals surface area contributed by atoms with Gasteiger partial charge >= 0.3 is 0 Å². The molecule has 1 aromatic heterocycles. The lowest BCUT2D eigenvalue weighted by atomic mass is 10.1. The van der Waals surface area contributed by atoms with E-state index in [1.807, 2.05) is 0 Å². The lowest BCUT2D eigenvalue weighted by molar-refractivity contribution is 0.625. The summed E-state index contributed by atoms with van der Waals surface area (Å²) in [6.07, 6.45) is 3.80. The van der Waals surface area contributed by atoms with Crippen molar-refractivity contribution in [2.45, 2.75) is 46.1 Å². The average Bonchev–Trinajstić information content (AvgIpc) is 2.16. The third kappa shape index (κ3) is 4.91. The number of rotatable bonds is 5. The van der Waals surface area contributed by atoms with E-state index in [4.69, 9.17) is 0 Å². The minimum Gasteiger partial charge on any atom is -0.354 e. The van der Waals surface area contributed by atoms with Gasteiger partial charge in [-0.3, -0.25) is 0 Å². The van der Waals surface area contributed by atoms with Crippen molar-refractivity contribution in [3.05, 3.63) is 6.33 Å². The van der Waals surface area contributed by atoms with E-state index in [0.717, 1.165) is 19.4 Å². The fraction of sp³-hybridized carbons (Fsp3) is 0.727. The number of nitrogens with zero attached hydrogens (tertiary/aromatic N) is 3. The van der Waals surface area contributed by atoms with Crippen LogP contribution in [0.1, 0.15) is 40.5 Å². The van der Waals surface area contributed by atoms with Crippen molar-refractivity contribution in [1.82, 2.24) is 15.0 Å². The van der Waals surface area contributed by atoms with Gasteiger partial charge in [0.15, 0.2) is 0 Å². The summed E-state index contributed by atoms with van der Waals surface area (Å²) in [6.45, 7) is 9.26. The van der Waals surface area contributed by atoms with Crippen molar-refractivity contribution in [3.63, 3.8) is 0 Å². The molecule has 1 heterocycles. The third-order valence-corrected chi connectivity index (χ3v) is 1.87. The number of nitrogens with one attached hydrogen (secondary N) is 2. The maximum absolute atomic E-state index is 4.29. The molecule has 0 spiro atoms. The second-order valence-corrected chi connectivity index (χ2v) is 4.79. The van der Waals surface area contributed by atoms with Gasteiger partial charge in [0.05, 0.1) is 0 Å². The Hall–Kier alpha value is -1.39. The smallest absolute Gasteiger partial charge is 0.227 e. The van der Waals surface area contributed by atoms with E-state index < -0.39 is 0 Å². The van der Waals surface area contributed by atoms with Gasteiger partial charge in [-0.1, -0.05) is 13.3 Å². The summed E-state index contributed by atoms with van der Waals surface area (Å²) in [7, 11) is 0. The van der Waals surface area contributed by atoms with Gasteiger partial charge in [0.1, 0.15) is 6.33 Å². The highest BCUT2D eigenvalue weighted by atomic mass is 15.2. The van der Waals surface area contributed by atoms with Gasteiger partial charge in [-0.15, -0.1) is 0 Å². The van der Waals surface area contributed by atoms with Crippen LogP contribution in [-0.2, 0) is 0 Å². The van der Waals surface area contributed by atoms with E-state index in [0.29, 0.717) is 11.9 Å². The first-order chi connectivity index (χ1) is 7.51. The van der Waals surface area contributed by atoms with Crippen LogP contribution >= 0.6 is 0 Å². The Kier molecular flexibility index (Phi) is 4.46. The molecule has 0 aromatic carbocycles. The molecule has 0 atom stereocenters. The number of aromatic nitrogens is 3. The van der Waals surface area contributed by atoms with Crippen molar-refractivity contribution in [2.24, 2.45) is 0 Å². The highest BCUT2D eigenvalue weighted by Crippen LogP contribution is 2.09. The summed E-state index contributed by atoms with van der Waals surface area (Å²) < 4.78 is 0. The van der Waals surface area contributed by atoms with Gasteiger partial charge in [-0.2, -0.15) is 4.98 Å². The Bertz CT molecular complexity index is 318. The first kappa shape index (κ1) is 12.7. The largest absolute Gasteiger partial charge is 0.354 e. The van der Waals surface area contributed by atoms with Crippen molar-refractivity contribution >= 4 is 11.9 Å². The maximum atomic E-state index is 4.29. The van der Waals surface area contributed by atoms with E-state index >= 15 is 0 Å². The fourth-order valence-corrected chi connectivity index (χ4v) is 1.15. The first-order valence-corrected chi connectivity index (χ1v) is 5.72. The standard InChI is InChI=1S/C11H21N5/c1-5-6-7-12-9-13-8-14-10(15-9)16-11(2,3)4/h8H,5-7H2,1-4H3,(H2,12,13,14,15,16). The van der Waals surface area contributed by atoms with Crippen molar-refractivity contribution in [3.8, 4) is 0 Å². The zero-order valence-corrected chi connectivity index (χ0v) is 10.5. The lowest BCUT2D eigenvalue weighted by Gasteiger charge is -2.20. The van der Waals surface area contributed by atoms with Gasteiger partial charge in [0.25, 0.3) is 0 Å². The summed E-state index contributed by atoms with van der Waals surface area (Å²) in [5.41, 5.74) is -0.0396. The number of hydrogen-bond donors (Lipinski definition) is 2. The average molecular weight is 223 g/mol. The molecule has 90 valence electrons. The van der Waals surface area contributed by atoms with E-state index in [1.165, 1.54) is 6.33 Å². The summed E-state index contributed by atoms with van der Waals surface area (Å²) in [5, 5.41) is 6.38. The van der Waals surface area contributed by atoms with E-state index in [9.17, 15) is 0 Å².